The molecule has 3 N–H and O–H groups in total. The van der Waals surface area contributed by atoms with Gasteiger partial charge >= 0.3 is 5.97 Å². The Kier molecular flexibility index (Phi) is 4.02. The van der Waals surface area contributed by atoms with Crippen LogP contribution in [-0.2, 0) is 4.79 Å². The third-order valence-electron chi connectivity index (χ3n) is 2.07. The summed E-state index contributed by atoms with van der Waals surface area (Å²) in [5.74, 6) is -1.78. The van der Waals surface area contributed by atoms with Gasteiger partial charge in [-0.1, -0.05) is 18.2 Å². The topological polar surface area (TPSA) is 86.6 Å². The Bertz CT molecular complexity index is 375. The standard InChI is InChI=1S/C11H13NO4/c1-7(13)9(11(15)16)12-10(14)8-5-3-2-4-6-8/h2-7,9,13H,1H3,(H,12,14)(H,15,16)/t7-,9+/m1/s1. The van der Waals surface area contributed by atoms with Crippen LogP contribution < -0.4 is 5.32 Å². The number of carboxylic acid groups (broad SMARTS) is 1. The molecule has 1 aromatic carbocycles. The summed E-state index contributed by atoms with van der Waals surface area (Å²) in [5, 5.41) is 20.2. The number of benzene rings is 1. The highest BCUT2D eigenvalue weighted by Crippen LogP contribution is 2.00. The largest absolute Gasteiger partial charge is 0.480 e. The Labute approximate surface area is 92.7 Å². The SMILES string of the molecule is C[C@@H](O)[C@H](NC(=O)c1ccccc1)C(=O)O. The van der Waals surface area contributed by atoms with Crippen LogP contribution in [0.15, 0.2) is 30.3 Å². The maximum Gasteiger partial charge on any atom is 0.328 e. The molecule has 0 aliphatic rings. The van der Waals surface area contributed by atoms with Crippen LogP contribution >= 0.6 is 0 Å². The number of nitrogens with one attached hydrogen (secondary N) is 1. The zero-order valence-corrected chi connectivity index (χ0v) is 8.75. The van der Waals surface area contributed by atoms with E-state index in [1.807, 2.05) is 0 Å². The van der Waals surface area contributed by atoms with Crippen LogP contribution in [0.25, 0.3) is 0 Å². The van der Waals surface area contributed by atoms with E-state index < -0.39 is 24.0 Å². The van der Waals surface area contributed by atoms with Crippen LogP contribution in [-0.4, -0.2) is 34.2 Å². The molecule has 0 aliphatic heterocycles. The number of rotatable bonds is 4. The summed E-state index contributed by atoms with van der Waals surface area (Å²) in [5.41, 5.74) is 0.356. The Morgan fingerprint density at radius 3 is 2.25 bits per heavy atom. The fourth-order valence-corrected chi connectivity index (χ4v) is 1.20. The molecular weight excluding hydrogens is 210 g/mol. The molecule has 0 saturated carbocycles. The zero-order valence-electron chi connectivity index (χ0n) is 8.75. The second-order valence-corrected chi connectivity index (χ2v) is 3.40. The smallest absolute Gasteiger partial charge is 0.328 e. The molecule has 0 unspecified atom stereocenters. The molecule has 1 amide bonds. The molecule has 5 nitrogen and oxygen atoms in total. The molecule has 0 aliphatic carbocycles. The van der Waals surface area contributed by atoms with Crippen molar-refractivity contribution in [3.05, 3.63) is 35.9 Å². The minimum Gasteiger partial charge on any atom is -0.480 e. The quantitative estimate of drug-likeness (QED) is 0.683. The van der Waals surface area contributed by atoms with Crippen molar-refractivity contribution in [1.82, 2.24) is 5.32 Å². The van der Waals surface area contributed by atoms with Crippen molar-refractivity contribution >= 4 is 11.9 Å². The van der Waals surface area contributed by atoms with Crippen molar-refractivity contribution in [3.63, 3.8) is 0 Å². The number of hydrogen-bond acceptors (Lipinski definition) is 3. The molecule has 0 fully saturated rings. The summed E-state index contributed by atoms with van der Waals surface area (Å²) in [6, 6.07) is 6.93. The van der Waals surface area contributed by atoms with Gasteiger partial charge in [-0.05, 0) is 19.1 Å². The number of amides is 1. The van der Waals surface area contributed by atoms with E-state index in [1.54, 1.807) is 30.3 Å². The van der Waals surface area contributed by atoms with E-state index in [1.165, 1.54) is 6.92 Å². The van der Waals surface area contributed by atoms with Crippen molar-refractivity contribution in [2.24, 2.45) is 0 Å². The van der Waals surface area contributed by atoms with Crippen molar-refractivity contribution in [3.8, 4) is 0 Å². The van der Waals surface area contributed by atoms with E-state index in [2.05, 4.69) is 5.32 Å². The van der Waals surface area contributed by atoms with Crippen LogP contribution in [0.4, 0.5) is 0 Å². The minimum atomic E-state index is -1.30. The molecule has 0 spiro atoms. The number of hydrogen-bond donors (Lipinski definition) is 3. The maximum absolute atomic E-state index is 11.6. The molecule has 5 heteroatoms. The molecule has 1 aromatic rings. The minimum absolute atomic E-state index is 0.356. The second kappa shape index (κ2) is 5.27. The van der Waals surface area contributed by atoms with Gasteiger partial charge in [-0.3, -0.25) is 4.79 Å². The number of carboxylic acids is 1. The first-order valence-corrected chi connectivity index (χ1v) is 4.79. The average Bonchev–Trinajstić information content (AvgIpc) is 2.25. The maximum atomic E-state index is 11.6. The van der Waals surface area contributed by atoms with Crippen LogP contribution in [0, 0.1) is 0 Å². The first-order valence-electron chi connectivity index (χ1n) is 4.79. The lowest BCUT2D eigenvalue weighted by Crippen LogP contribution is -2.47. The number of carbonyl (C=O) groups excluding carboxylic acids is 1. The average molecular weight is 223 g/mol. The highest BCUT2D eigenvalue weighted by atomic mass is 16.4. The van der Waals surface area contributed by atoms with E-state index in [0.717, 1.165) is 0 Å². The summed E-state index contributed by atoms with van der Waals surface area (Å²) in [6.07, 6.45) is -1.15. The van der Waals surface area contributed by atoms with E-state index in [4.69, 9.17) is 5.11 Å². The Hall–Kier alpha value is -1.88. The fraction of sp³-hybridized carbons (Fsp3) is 0.273. The lowest BCUT2D eigenvalue weighted by atomic mass is 10.1. The molecule has 2 atom stereocenters. The van der Waals surface area contributed by atoms with Gasteiger partial charge in [0.05, 0.1) is 6.10 Å². The predicted molar refractivity (Wildman–Crippen MR) is 57.0 cm³/mol. The van der Waals surface area contributed by atoms with Crippen LogP contribution in [0.1, 0.15) is 17.3 Å². The summed E-state index contributed by atoms with van der Waals surface area (Å²) in [6.45, 7) is 1.31. The van der Waals surface area contributed by atoms with Crippen molar-refractivity contribution in [2.75, 3.05) is 0 Å². The molecule has 0 saturated heterocycles. The van der Waals surface area contributed by atoms with Gasteiger partial charge in [-0.25, -0.2) is 4.79 Å². The van der Waals surface area contributed by atoms with Crippen molar-refractivity contribution in [1.29, 1.82) is 0 Å². The van der Waals surface area contributed by atoms with Gasteiger partial charge in [-0.2, -0.15) is 0 Å². The lowest BCUT2D eigenvalue weighted by Gasteiger charge is -2.16. The predicted octanol–water partition coefficient (Wildman–Crippen LogP) is 0.250. The van der Waals surface area contributed by atoms with E-state index >= 15 is 0 Å². The first-order chi connectivity index (χ1) is 7.52. The molecule has 0 radical (unpaired) electrons. The highest BCUT2D eigenvalue weighted by Gasteiger charge is 2.25. The molecule has 16 heavy (non-hydrogen) atoms. The van der Waals surface area contributed by atoms with Crippen molar-refractivity contribution in [2.45, 2.75) is 19.1 Å². The molecule has 1 rings (SSSR count). The molecular formula is C11H13NO4. The zero-order chi connectivity index (χ0) is 12.1. The van der Waals surface area contributed by atoms with Gasteiger partial charge in [0, 0.05) is 5.56 Å². The summed E-state index contributed by atoms with van der Waals surface area (Å²) < 4.78 is 0. The van der Waals surface area contributed by atoms with Gasteiger partial charge in [0.2, 0.25) is 0 Å². The lowest BCUT2D eigenvalue weighted by molar-refractivity contribution is -0.141. The highest BCUT2D eigenvalue weighted by molar-refractivity contribution is 5.96. The molecule has 0 aromatic heterocycles. The molecule has 86 valence electrons. The van der Waals surface area contributed by atoms with E-state index in [0.29, 0.717) is 5.56 Å². The normalized spacial score (nSPS) is 13.9. The third kappa shape index (κ3) is 3.06. The molecule has 0 heterocycles. The monoisotopic (exact) mass is 223 g/mol. The van der Waals surface area contributed by atoms with Gasteiger partial charge in [0.1, 0.15) is 0 Å². The molecule has 0 bridgehead atoms. The number of aliphatic hydroxyl groups is 1. The second-order valence-electron chi connectivity index (χ2n) is 3.40. The van der Waals surface area contributed by atoms with Gasteiger partial charge in [-0.15, -0.1) is 0 Å². The Morgan fingerprint density at radius 2 is 1.81 bits per heavy atom. The third-order valence-corrected chi connectivity index (χ3v) is 2.07. The van der Waals surface area contributed by atoms with Crippen LogP contribution in [0.3, 0.4) is 0 Å². The van der Waals surface area contributed by atoms with Gasteiger partial charge in [0.25, 0.3) is 5.91 Å². The summed E-state index contributed by atoms with van der Waals surface area (Å²) >= 11 is 0. The summed E-state index contributed by atoms with van der Waals surface area (Å²) in [4.78, 5) is 22.3. The fourth-order valence-electron chi connectivity index (χ4n) is 1.20. The Balaban J connectivity index is 2.74. The van der Waals surface area contributed by atoms with Crippen LogP contribution in [0.2, 0.25) is 0 Å². The first kappa shape index (κ1) is 12.2. The summed E-state index contributed by atoms with van der Waals surface area (Å²) in [7, 11) is 0. The number of aliphatic hydroxyl groups excluding tert-OH is 1. The van der Waals surface area contributed by atoms with E-state index in [9.17, 15) is 14.7 Å². The number of carbonyl (C=O) groups is 2. The van der Waals surface area contributed by atoms with Gasteiger partial charge in [0.15, 0.2) is 6.04 Å². The van der Waals surface area contributed by atoms with Gasteiger partial charge < -0.3 is 15.5 Å². The van der Waals surface area contributed by atoms with Crippen molar-refractivity contribution < 1.29 is 19.8 Å². The van der Waals surface area contributed by atoms with E-state index in [-0.39, 0.29) is 0 Å². The number of aliphatic carboxylic acids is 1. The van der Waals surface area contributed by atoms with Crippen LogP contribution in [0.5, 0.6) is 0 Å². The Morgan fingerprint density at radius 1 is 1.25 bits per heavy atom.